The molecule has 1 rings (SSSR count). The Labute approximate surface area is 193 Å². The van der Waals surface area contributed by atoms with Crippen LogP contribution in [0.4, 0.5) is 4.39 Å². The molecule has 0 aromatic carbocycles. The van der Waals surface area contributed by atoms with Crippen molar-refractivity contribution >= 4 is 5.78 Å². The van der Waals surface area contributed by atoms with E-state index in [0.717, 1.165) is 19.5 Å². The summed E-state index contributed by atoms with van der Waals surface area (Å²) in [6.45, 7) is 26.9. The Hall–Kier alpha value is -1.90. The summed E-state index contributed by atoms with van der Waals surface area (Å²) in [4.78, 5) is 14.2. The van der Waals surface area contributed by atoms with Crippen molar-refractivity contribution in [1.29, 1.82) is 0 Å². The van der Waals surface area contributed by atoms with Crippen LogP contribution in [0.2, 0.25) is 0 Å². The van der Waals surface area contributed by atoms with Crippen molar-refractivity contribution in [2.45, 2.75) is 81.1 Å². The van der Waals surface area contributed by atoms with E-state index >= 15 is 0 Å². The van der Waals surface area contributed by atoms with Crippen molar-refractivity contribution in [3.8, 4) is 0 Å². The number of hydrogen-bond donors (Lipinski definition) is 0. The summed E-state index contributed by atoms with van der Waals surface area (Å²) in [5.41, 5.74) is 1.55. The molecule has 0 unspecified atom stereocenters. The molecule has 31 heavy (non-hydrogen) atoms. The predicted molar refractivity (Wildman–Crippen MR) is 139 cm³/mol. The molecule has 1 fully saturated rings. The summed E-state index contributed by atoms with van der Waals surface area (Å²) in [6.07, 6.45) is 17.2. The van der Waals surface area contributed by atoms with Gasteiger partial charge in [0.05, 0.1) is 7.18 Å². The largest absolute Gasteiger partial charge is 0.377 e. The number of carbonyl (C=O) groups excluding carboxylic acids is 1. The van der Waals surface area contributed by atoms with E-state index < -0.39 is 0 Å². The minimum absolute atomic E-state index is 0.0114. The van der Waals surface area contributed by atoms with Crippen LogP contribution in [-0.2, 0) is 4.79 Å². The summed E-state index contributed by atoms with van der Waals surface area (Å²) in [5.74, 6) is -0.0114. The zero-order valence-corrected chi connectivity index (χ0v) is 21.9. The fraction of sp³-hybridized carbons (Fsp3) is 0.607. The molecule has 1 aliphatic rings. The highest BCUT2D eigenvalue weighted by molar-refractivity contribution is 6.06. The summed E-state index contributed by atoms with van der Waals surface area (Å²) >= 11 is 0. The van der Waals surface area contributed by atoms with Crippen molar-refractivity contribution < 1.29 is 9.18 Å². The van der Waals surface area contributed by atoms with Gasteiger partial charge in [-0.15, -0.1) is 0 Å². The highest BCUT2D eigenvalue weighted by Gasteiger charge is 2.27. The Morgan fingerprint density at radius 1 is 1.10 bits per heavy atom. The summed E-state index contributed by atoms with van der Waals surface area (Å²) in [6, 6.07) is 0. The van der Waals surface area contributed by atoms with Crippen LogP contribution >= 0.6 is 0 Å². The number of ketones is 1. The van der Waals surface area contributed by atoms with Crippen LogP contribution in [0, 0.1) is 10.8 Å². The lowest BCUT2D eigenvalue weighted by atomic mass is 9.86. The van der Waals surface area contributed by atoms with E-state index in [9.17, 15) is 9.18 Å². The number of halogens is 1. The first kappa shape index (κ1) is 33.7. The minimum Gasteiger partial charge on any atom is -0.377 e. The fourth-order valence-corrected chi connectivity index (χ4v) is 2.92. The molecular formula is C28H50FNO. The van der Waals surface area contributed by atoms with Gasteiger partial charge in [0, 0.05) is 30.9 Å². The van der Waals surface area contributed by atoms with Gasteiger partial charge < -0.3 is 4.90 Å². The Kier molecular flexibility index (Phi) is 21.8. The molecule has 0 saturated carbocycles. The lowest BCUT2D eigenvalue weighted by molar-refractivity contribution is -0.111. The molecular weight excluding hydrogens is 385 g/mol. The van der Waals surface area contributed by atoms with Crippen molar-refractivity contribution in [2.24, 2.45) is 10.8 Å². The summed E-state index contributed by atoms with van der Waals surface area (Å²) < 4.78 is 9.50. The van der Waals surface area contributed by atoms with Crippen molar-refractivity contribution in [1.82, 2.24) is 4.90 Å². The molecule has 0 spiro atoms. The van der Waals surface area contributed by atoms with Crippen LogP contribution in [0.5, 0.6) is 0 Å². The molecule has 3 heteroatoms. The van der Waals surface area contributed by atoms with Gasteiger partial charge in [-0.05, 0) is 23.7 Å². The van der Waals surface area contributed by atoms with Crippen LogP contribution < -0.4 is 0 Å². The van der Waals surface area contributed by atoms with Gasteiger partial charge in [0.15, 0.2) is 5.78 Å². The minimum atomic E-state index is -0.0114. The number of rotatable bonds is 9. The summed E-state index contributed by atoms with van der Waals surface area (Å²) in [7, 11) is 0.500. The van der Waals surface area contributed by atoms with Crippen molar-refractivity contribution in [2.75, 3.05) is 20.3 Å². The number of carbonyl (C=O) groups is 1. The second-order valence-electron chi connectivity index (χ2n) is 8.78. The second-order valence-corrected chi connectivity index (χ2v) is 8.78. The third kappa shape index (κ3) is 18.6. The number of allylic oxidation sites excluding steroid dienone is 7. The smallest absolute Gasteiger partial charge is 0.187 e. The normalized spacial score (nSPS) is 15.3. The highest BCUT2D eigenvalue weighted by atomic mass is 19.1. The average Bonchev–Trinajstić information content (AvgIpc) is 3.11. The molecule has 0 bridgehead atoms. The van der Waals surface area contributed by atoms with Gasteiger partial charge in [-0.1, -0.05) is 112 Å². The molecule has 0 N–H and O–H groups in total. The molecule has 0 aromatic heterocycles. The van der Waals surface area contributed by atoms with E-state index in [2.05, 4.69) is 59.6 Å². The fourth-order valence-electron chi connectivity index (χ4n) is 2.92. The van der Waals surface area contributed by atoms with Crippen LogP contribution in [0.3, 0.4) is 0 Å². The zero-order valence-electron chi connectivity index (χ0n) is 21.9. The first-order chi connectivity index (χ1) is 14.6. The van der Waals surface area contributed by atoms with E-state index in [1.165, 1.54) is 19.3 Å². The van der Waals surface area contributed by atoms with Gasteiger partial charge in [-0.2, -0.15) is 0 Å². The van der Waals surface area contributed by atoms with Crippen molar-refractivity contribution in [3.63, 3.8) is 0 Å². The standard InChI is InChI=1S/C17H23NO.C8H18.C2H6.CH3F/c1-5-7-9-15(8-6-2)16(19)10-12-18-13-11-17(3,4)14-18;1-5-7-8(3,4)6-2;2*1-2/h5-10,12H,1-2,11,13-14H2,3-4H3;5-7H2,1-4H3;1-2H3;1H3/b9-7-,12-10+,15-8+;;;. The number of likely N-dealkylation sites (tertiary alicyclic amines) is 1. The highest BCUT2D eigenvalue weighted by Crippen LogP contribution is 2.28. The lowest BCUT2D eigenvalue weighted by Gasteiger charge is -2.20. The van der Waals surface area contributed by atoms with Gasteiger partial charge in [-0.3, -0.25) is 9.18 Å². The lowest BCUT2D eigenvalue weighted by Crippen LogP contribution is -2.18. The topological polar surface area (TPSA) is 20.3 Å². The summed E-state index contributed by atoms with van der Waals surface area (Å²) in [5, 5.41) is 0. The Bertz CT molecular complexity index is 568. The van der Waals surface area contributed by atoms with E-state index in [4.69, 9.17) is 0 Å². The Morgan fingerprint density at radius 3 is 2.03 bits per heavy atom. The average molecular weight is 436 g/mol. The number of alkyl halides is 1. The van der Waals surface area contributed by atoms with Gasteiger partial charge in [0.1, 0.15) is 0 Å². The van der Waals surface area contributed by atoms with Gasteiger partial charge in [-0.25, -0.2) is 0 Å². The van der Waals surface area contributed by atoms with Crippen LogP contribution in [-0.4, -0.2) is 31.0 Å². The molecule has 0 atom stereocenters. The van der Waals surface area contributed by atoms with Gasteiger partial charge >= 0.3 is 0 Å². The number of nitrogens with zero attached hydrogens (tertiary/aromatic N) is 1. The van der Waals surface area contributed by atoms with Gasteiger partial charge in [0.2, 0.25) is 0 Å². The SMILES string of the molecule is C=C/C=C\C(=C/C=C)C(=O)/C=C/N1CCC(C)(C)C1.CC.CCCC(C)(C)CC.CF. The first-order valence-corrected chi connectivity index (χ1v) is 11.6. The maximum atomic E-state index is 12.0. The molecule has 180 valence electrons. The molecule has 1 heterocycles. The molecule has 2 nitrogen and oxygen atoms in total. The maximum Gasteiger partial charge on any atom is 0.187 e. The third-order valence-corrected chi connectivity index (χ3v) is 5.02. The van der Waals surface area contributed by atoms with E-state index in [1.54, 1.807) is 36.5 Å². The predicted octanol–water partition coefficient (Wildman–Crippen LogP) is 8.49. The quantitative estimate of drug-likeness (QED) is 0.267. The monoisotopic (exact) mass is 435 g/mol. The van der Waals surface area contributed by atoms with E-state index in [-0.39, 0.29) is 5.78 Å². The molecule has 1 saturated heterocycles. The number of hydrogen-bond acceptors (Lipinski definition) is 2. The molecule has 1 aliphatic heterocycles. The second kappa shape index (κ2) is 20.0. The molecule has 0 radical (unpaired) electrons. The van der Waals surface area contributed by atoms with Crippen LogP contribution in [0.25, 0.3) is 0 Å². The Balaban J connectivity index is -0.000000548. The third-order valence-electron chi connectivity index (χ3n) is 5.02. The first-order valence-electron chi connectivity index (χ1n) is 11.6. The zero-order chi connectivity index (χ0) is 24.9. The Morgan fingerprint density at radius 2 is 1.68 bits per heavy atom. The van der Waals surface area contributed by atoms with Crippen LogP contribution in [0.15, 0.2) is 61.4 Å². The van der Waals surface area contributed by atoms with Crippen LogP contribution in [0.1, 0.15) is 81.1 Å². The van der Waals surface area contributed by atoms with E-state index in [1.807, 2.05) is 20.0 Å². The van der Waals surface area contributed by atoms with E-state index in [0.29, 0.717) is 23.6 Å². The molecule has 0 aromatic rings. The van der Waals surface area contributed by atoms with Crippen molar-refractivity contribution in [3.05, 3.63) is 61.4 Å². The maximum absolute atomic E-state index is 12.0. The van der Waals surface area contributed by atoms with Gasteiger partial charge in [0.25, 0.3) is 0 Å². The molecule has 0 aliphatic carbocycles. The molecule has 0 amide bonds.